The van der Waals surface area contributed by atoms with Crippen molar-refractivity contribution in [1.29, 1.82) is 0 Å². The van der Waals surface area contributed by atoms with Crippen molar-refractivity contribution < 1.29 is 14.7 Å². The van der Waals surface area contributed by atoms with Crippen LogP contribution in [-0.4, -0.2) is 32.9 Å². The fourth-order valence-corrected chi connectivity index (χ4v) is 3.85. The first-order valence-electron chi connectivity index (χ1n) is 4.37. The molecule has 1 rings (SSSR count). The average molecular weight is 216 g/mol. The maximum atomic E-state index is 10.9. The largest absolute Gasteiger partial charge is 0.548 e. The molecule has 5 heteroatoms. The van der Waals surface area contributed by atoms with E-state index in [4.69, 9.17) is 0 Å². The lowest BCUT2D eigenvalue weighted by Gasteiger charge is -2.32. The average Bonchev–Trinajstić information content (AvgIpc) is 2.13. The summed E-state index contributed by atoms with van der Waals surface area (Å²) in [6.45, 7) is 7.28. The van der Waals surface area contributed by atoms with Gasteiger partial charge in [-0.1, -0.05) is 0 Å². The van der Waals surface area contributed by atoms with E-state index < -0.39 is 21.6 Å². The molecule has 1 saturated heterocycles. The van der Waals surface area contributed by atoms with Crippen LogP contribution in [0.25, 0.3) is 0 Å². The molecule has 0 radical (unpaired) electrons. The van der Waals surface area contributed by atoms with Gasteiger partial charge in [-0.25, -0.2) is 0 Å². The second-order valence-corrected chi connectivity index (χ2v) is 6.64. The molecule has 14 heavy (non-hydrogen) atoms. The summed E-state index contributed by atoms with van der Waals surface area (Å²) in [6, 6.07) is -0.861. The Bertz CT molecular complexity index is 275. The van der Waals surface area contributed by atoms with Gasteiger partial charge in [0, 0.05) is 4.75 Å². The number of carboxylic acid groups (broad SMARTS) is 1. The van der Waals surface area contributed by atoms with Crippen LogP contribution < -0.4 is 5.11 Å². The predicted octanol–water partition coefficient (Wildman–Crippen LogP) is -0.175. The Kier molecular flexibility index (Phi) is 2.56. The van der Waals surface area contributed by atoms with Crippen molar-refractivity contribution in [1.82, 2.24) is 4.90 Å². The lowest BCUT2D eigenvalue weighted by molar-refractivity contribution is -0.312. The topological polar surface area (TPSA) is 60.4 Å². The molecule has 4 nitrogen and oxygen atoms in total. The van der Waals surface area contributed by atoms with E-state index in [0.29, 0.717) is 6.41 Å². The molecule has 1 aliphatic heterocycles. The van der Waals surface area contributed by atoms with Crippen LogP contribution in [0.3, 0.4) is 0 Å². The zero-order valence-electron chi connectivity index (χ0n) is 8.73. The number of rotatable bonds is 2. The number of hydrogen-bond donors (Lipinski definition) is 0. The van der Waals surface area contributed by atoms with Crippen molar-refractivity contribution in [2.45, 2.75) is 43.4 Å². The van der Waals surface area contributed by atoms with Gasteiger partial charge in [0.2, 0.25) is 6.41 Å². The lowest BCUT2D eigenvalue weighted by Crippen LogP contribution is -2.54. The Balaban J connectivity index is 3.12. The normalized spacial score (nSPS) is 28.9. The quantitative estimate of drug-likeness (QED) is 0.601. The van der Waals surface area contributed by atoms with Gasteiger partial charge < -0.3 is 14.8 Å². The summed E-state index contributed by atoms with van der Waals surface area (Å²) in [5.74, 6) is -1.19. The molecule has 0 N–H and O–H groups in total. The van der Waals surface area contributed by atoms with Crippen molar-refractivity contribution in [3.63, 3.8) is 0 Å². The highest BCUT2D eigenvalue weighted by molar-refractivity contribution is 8.02. The molecule has 0 aromatic heterocycles. The van der Waals surface area contributed by atoms with Crippen LogP contribution in [0.2, 0.25) is 0 Å². The molecule has 1 aliphatic rings. The number of aliphatic carboxylic acids is 1. The van der Waals surface area contributed by atoms with Gasteiger partial charge in [-0.2, -0.15) is 0 Å². The molecule has 1 amide bonds. The first-order valence-corrected chi connectivity index (χ1v) is 5.19. The van der Waals surface area contributed by atoms with E-state index in [-0.39, 0.29) is 0 Å². The third kappa shape index (κ3) is 1.61. The van der Waals surface area contributed by atoms with Crippen LogP contribution >= 0.6 is 11.8 Å². The van der Waals surface area contributed by atoms with Gasteiger partial charge in [0.25, 0.3) is 0 Å². The molecule has 0 spiro atoms. The summed E-state index contributed by atoms with van der Waals surface area (Å²) >= 11 is 1.47. The monoisotopic (exact) mass is 216 g/mol. The minimum atomic E-state index is -1.19. The van der Waals surface area contributed by atoms with E-state index in [1.54, 1.807) is 0 Å². The van der Waals surface area contributed by atoms with Crippen molar-refractivity contribution in [3.05, 3.63) is 0 Å². The number of thioether (sulfide) groups is 1. The Hall–Kier alpha value is -0.710. The molecule has 1 heterocycles. The highest BCUT2D eigenvalue weighted by Crippen LogP contribution is 2.49. The van der Waals surface area contributed by atoms with E-state index >= 15 is 0 Å². The van der Waals surface area contributed by atoms with Gasteiger partial charge in [0.1, 0.15) is 0 Å². The fourth-order valence-electron chi connectivity index (χ4n) is 1.98. The van der Waals surface area contributed by atoms with Gasteiger partial charge in [-0.15, -0.1) is 11.8 Å². The molecule has 1 fully saturated rings. The molecule has 80 valence electrons. The predicted molar refractivity (Wildman–Crippen MR) is 52.4 cm³/mol. The Morgan fingerprint density at radius 1 is 1.43 bits per heavy atom. The lowest BCUT2D eigenvalue weighted by atomic mass is 10.0. The first-order chi connectivity index (χ1) is 6.22. The Labute approximate surface area is 87.7 Å². The maximum absolute atomic E-state index is 10.9. The number of carboxylic acids is 1. The molecule has 0 unspecified atom stereocenters. The number of carbonyl (C=O) groups is 2. The van der Waals surface area contributed by atoms with Gasteiger partial charge in [-0.05, 0) is 27.7 Å². The van der Waals surface area contributed by atoms with Gasteiger partial charge in [-0.3, -0.25) is 4.79 Å². The van der Waals surface area contributed by atoms with Crippen LogP contribution in [0.15, 0.2) is 0 Å². The minimum Gasteiger partial charge on any atom is -0.548 e. The summed E-state index contributed by atoms with van der Waals surface area (Å²) in [5, 5.41) is 10.9. The van der Waals surface area contributed by atoms with Gasteiger partial charge in [0.15, 0.2) is 0 Å². The summed E-state index contributed by atoms with van der Waals surface area (Å²) in [7, 11) is 0. The molecular formula is C9H14NO3S-. The SMILES string of the molecule is CC1(C)SC(C)(C)N(C=O)[C@H]1C(=O)[O-]. The van der Waals surface area contributed by atoms with E-state index in [2.05, 4.69) is 0 Å². The molecule has 0 bridgehead atoms. The number of amides is 1. The Morgan fingerprint density at radius 2 is 1.93 bits per heavy atom. The molecule has 0 saturated carbocycles. The van der Waals surface area contributed by atoms with Crippen molar-refractivity contribution in [2.75, 3.05) is 0 Å². The maximum Gasteiger partial charge on any atom is 0.211 e. The first kappa shape index (κ1) is 11.4. The minimum absolute atomic E-state index is 0.490. The molecular weight excluding hydrogens is 202 g/mol. The van der Waals surface area contributed by atoms with Gasteiger partial charge in [0.05, 0.1) is 16.9 Å². The second-order valence-electron chi connectivity index (χ2n) is 4.39. The number of nitrogens with zero attached hydrogens (tertiary/aromatic N) is 1. The van der Waals surface area contributed by atoms with Crippen LogP contribution in [-0.2, 0) is 9.59 Å². The van der Waals surface area contributed by atoms with E-state index in [1.165, 1.54) is 16.7 Å². The highest BCUT2D eigenvalue weighted by atomic mass is 32.2. The summed E-state index contributed by atoms with van der Waals surface area (Å²) in [4.78, 5) is 22.6. The van der Waals surface area contributed by atoms with Crippen LogP contribution in [0.4, 0.5) is 0 Å². The third-order valence-corrected chi connectivity index (χ3v) is 3.87. The fraction of sp³-hybridized carbons (Fsp3) is 0.778. The van der Waals surface area contributed by atoms with Gasteiger partial charge >= 0.3 is 0 Å². The summed E-state index contributed by atoms with van der Waals surface area (Å²) in [5.41, 5.74) is 0. The van der Waals surface area contributed by atoms with Crippen LogP contribution in [0.5, 0.6) is 0 Å². The smallest absolute Gasteiger partial charge is 0.211 e. The van der Waals surface area contributed by atoms with Crippen LogP contribution in [0.1, 0.15) is 27.7 Å². The van der Waals surface area contributed by atoms with Crippen molar-refractivity contribution >= 4 is 24.1 Å². The summed E-state index contributed by atoms with van der Waals surface area (Å²) < 4.78 is -0.511. The number of hydrogen-bond acceptors (Lipinski definition) is 4. The highest BCUT2D eigenvalue weighted by Gasteiger charge is 2.51. The standard InChI is InChI=1S/C9H15NO3S/c1-8(2)6(7(12)13)10(5-11)9(3,4)14-8/h5-6H,1-4H3,(H,12,13)/p-1/t6-/m0/s1. The molecule has 0 aromatic carbocycles. The summed E-state index contributed by atoms with van der Waals surface area (Å²) in [6.07, 6.45) is 0.586. The number of carbonyl (C=O) groups excluding carboxylic acids is 2. The molecule has 1 atom stereocenters. The van der Waals surface area contributed by atoms with Crippen molar-refractivity contribution in [2.24, 2.45) is 0 Å². The zero-order valence-corrected chi connectivity index (χ0v) is 9.55. The third-order valence-electron chi connectivity index (χ3n) is 2.41. The van der Waals surface area contributed by atoms with E-state index in [9.17, 15) is 14.7 Å². The van der Waals surface area contributed by atoms with Crippen LogP contribution in [0, 0.1) is 0 Å². The Morgan fingerprint density at radius 3 is 2.21 bits per heavy atom. The van der Waals surface area contributed by atoms with Crippen molar-refractivity contribution in [3.8, 4) is 0 Å². The second kappa shape index (κ2) is 3.15. The molecule has 0 aliphatic carbocycles. The molecule has 0 aromatic rings. The van der Waals surface area contributed by atoms with E-state index in [0.717, 1.165) is 0 Å². The van der Waals surface area contributed by atoms with E-state index in [1.807, 2.05) is 27.7 Å². The zero-order chi connectivity index (χ0) is 11.1.